The average Bonchev–Trinajstić information content (AvgIpc) is 3.26. The predicted molar refractivity (Wildman–Crippen MR) is 81.0 cm³/mol. The first-order valence-corrected chi connectivity index (χ1v) is 7.91. The Labute approximate surface area is 128 Å². The number of carbonyl (C=O) groups excluding carboxylic acids is 1. The Morgan fingerprint density at radius 2 is 2.05 bits per heavy atom. The fraction of sp³-hybridized carbons (Fsp3) is 0.562. The molecule has 1 aromatic rings. The second-order valence-corrected chi connectivity index (χ2v) is 6.52. The number of phenols is 1. The van der Waals surface area contributed by atoms with Gasteiger partial charge in [-0.1, -0.05) is 0 Å². The van der Waals surface area contributed by atoms with Gasteiger partial charge in [-0.15, -0.1) is 0 Å². The Kier molecular flexibility index (Phi) is 2.89. The molecule has 22 heavy (non-hydrogen) atoms. The first kappa shape index (κ1) is 13.5. The number of hydrogen-bond donors (Lipinski definition) is 1. The van der Waals surface area contributed by atoms with Crippen LogP contribution in [0.3, 0.4) is 0 Å². The van der Waals surface area contributed by atoms with Gasteiger partial charge in [-0.2, -0.15) is 0 Å². The predicted octanol–water partition coefficient (Wildman–Crippen LogP) is 2.29. The van der Waals surface area contributed by atoms with E-state index < -0.39 is 0 Å². The summed E-state index contributed by atoms with van der Waals surface area (Å²) in [6, 6.07) is 2.19. The number of fused-ring (bicyclic) bond motifs is 1. The van der Waals surface area contributed by atoms with Crippen molar-refractivity contribution in [1.29, 1.82) is 0 Å². The zero-order chi connectivity index (χ0) is 15.4. The van der Waals surface area contributed by atoms with Gasteiger partial charge in [0.2, 0.25) is 13.1 Å². The van der Waals surface area contributed by atoms with Gasteiger partial charge >= 0.3 is 6.03 Å². The highest BCUT2D eigenvalue weighted by atomic mass is 16.3. The number of nitroso groups, excluding NO2 is 1. The third-order valence-corrected chi connectivity index (χ3v) is 4.97. The standard InChI is InChI=1S/C16H19N3O3/c1-10-13-9-17(22)8-11(13)7-14(15(10)20)19-6-2-5-18(16(19)21)12-3-4-12/h7,12H,2-6,8-9H2,1H3/p+1. The maximum absolute atomic E-state index is 12.7. The maximum Gasteiger partial charge on any atom is 0.324 e. The summed E-state index contributed by atoms with van der Waals surface area (Å²) < 4.78 is 0.982. The third-order valence-electron chi connectivity index (χ3n) is 4.97. The van der Waals surface area contributed by atoms with E-state index in [1.54, 1.807) is 4.90 Å². The van der Waals surface area contributed by atoms with Crippen molar-refractivity contribution in [2.75, 3.05) is 18.0 Å². The largest absolute Gasteiger partial charge is 0.505 e. The molecule has 1 aromatic carbocycles. The zero-order valence-electron chi connectivity index (χ0n) is 12.7. The fourth-order valence-corrected chi connectivity index (χ4v) is 3.58. The number of benzene rings is 1. The normalized spacial score (nSPS) is 21.5. The molecule has 0 atom stereocenters. The molecule has 0 spiro atoms. The molecule has 2 amide bonds. The lowest BCUT2D eigenvalue weighted by atomic mass is 10.0. The summed E-state index contributed by atoms with van der Waals surface area (Å²) in [6.45, 7) is 3.90. The molecule has 2 fully saturated rings. The molecule has 2 heterocycles. The minimum Gasteiger partial charge on any atom is -0.505 e. The van der Waals surface area contributed by atoms with Gasteiger partial charge in [0.05, 0.1) is 5.69 Å². The molecule has 0 aromatic heterocycles. The molecule has 6 nitrogen and oxygen atoms in total. The van der Waals surface area contributed by atoms with E-state index in [1.807, 2.05) is 17.9 Å². The zero-order valence-corrected chi connectivity index (χ0v) is 12.7. The average molecular weight is 302 g/mol. The molecule has 1 N–H and O–H groups in total. The van der Waals surface area contributed by atoms with Gasteiger partial charge in [-0.05, 0) is 32.3 Å². The van der Waals surface area contributed by atoms with Gasteiger partial charge in [0.15, 0.2) is 0 Å². The van der Waals surface area contributed by atoms with Crippen LogP contribution in [0.1, 0.15) is 36.0 Å². The number of carbonyl (C=O) groups is 1. The van der Waals surface area contributed by atoms with E-state index in [9.17, 15) is 14.8 Å². The molecular formula is C16H20N3O3+. The van der Waals surface area contributed by atoms with Crippen molar-refractivity contribution in [3.05, 3.63) is 27.7 Å². The maximum atomic E-state index is 12.7. The second kappa shape index (κ2) is 4.69. The molecule has 0 radical (unpaired) electrons. The van der Waals surface area contributed by atoms with Crippen molar-refractivity contribution < 1.29 is 14.7 Å². The Bertz CT molecular complexity index is 682. The van der Waals surface area contributed by atoms with Crippen molar-refractivity contribution in [3.63, 3.8) is 0 Å². The van der Waals surface area contributed by atoms with Crippen LogP contribution in [0, 0.1) is 11.8 Å². The molecule has 1 saturated heterocycles. The van der Waals surface area contributed by atoms with Crippen LogP contribution in [0.15, 0.2) is 6.07 Å². The van der Waals surface area contributed by atoms with Crippen molar-refractivity contribution in [1.82, 2.24) is 4.90 Å². The summed E-state index contributed by atoms with van der Waals surface area (Å²) in [5, 5.41) is 10.5. The van der Waals surface area contributed by atoms with Crippen LogP contribution in [0.5, 0.6) is 5.75 Å². The SMILES string of the molecule is Cc1c(O)c(N2CCCN(C3CC3)C2=O)cc2c1C[N+](=O)C2. The molecule has 4 rings (SSSR count). The van der Waals surface area contributed by atoms with Crippen LogP contribution in [0.2, 0.25) is 0 Å². The van der Waals surface area contributed by atoms with Crippen LogP contribution >= 0.6 is 0 Å². The number of urea groups is 1. The Hall–Kier alpha value is -2.11. The minimum atomic E-state index is -0.0135. The summed E-state index contributed by atoms with van der Waals surface area (Å²) in [5.41, 5.74) is 3.11. The molecule has 1 aliphatic carbocycles. The van der Waals surface area contributed by atoms with Crippen molar-refractivity contribution >= 4 is 11.7 Å². The molecular weight excluding hydrogens is 282 g/mol. The molecule has 0 unspecified atom stereocenters. The summed E-state index contributed by atoms with van der Waals surface area (Å²) in [5.74, 6) is 0.139. The number of aromatic hydroxyl groups is 1. The van der Waals surface area contributed by atoms with Gasteiger partial charge in [-0.25, -0.2) is 4.79 Å². The highest BCUT2D eigenvalue weighted by molar-refractivity contribution is 5.95. The Balaban J connectivity index is 1.73. The van der Waals surface area contributed by atoms with E-state index in [-0.39, 0.29) is 11.8 Å². The van der Waals surface area contributed by atoms with Gasteiger partial charge in [0.25, 0.3) is 0 Å². The quantitative estimate of drug-likeness (QED) is 0.853. The molecule has 2 aliphatic heterocycles. The van der Waals surface area contributed by atoms with Crippen LogP contribution in [-0.2, 0) is 13.1 Å². The summed E-state index contributed by atoms with van der Waals surface area (Å²) in [4.78, 5) is 27.9. The smallest absolute Gasteiger partial charge is 0.324 e. The van der Waals surface area contributed by atoms with Gasteiger partial charge in [-0.3, -0.25) is 4.90 Å². The number of rotatable bonds is 2. The Morgan fingerprint density at radius 1 is 1.27 bits per heavy atom. The first-order valence-electron chi connectivity index (χ1n) is 7.91. The van der Waals surface area contributed by atoms with Crippen LogP contribution < -0.4 is 4.90 Å². The van der Waals surface area contributed by atoms with E-state index >= 15 is 0 Å². The van der Waals surface area contributed by atoms with Gasteiger partial charge in [0.1, 0.15) is 5.75 Å². The van der Waals surface area contributed by atoms with E-state index in [0.717, 1.165) is 47.3 Å². The highest BCUT2D eigenvalue weighted by Crippen LogP contribution is 2.40. The lowest BCUT2D eigenvalue weighted by molar-refractivity contribution is -0.569. The van der Waals surface area contributed by atoms with Crippen LogP contribution in [-0.4, -0.2) is 39.9 Å². The number of anilines is 1. The van der Waals surface area contributed by atoms with Crippen molar-refractivity contribution in [3.8, 4) is 5.75 Å². The summed E-state index contributed by atoms with van der Waals surface area (Å²) >= 11 is 0. The monoisotopic (exact) mass is 302 g/mol. The molecule has 3 aliphatic rings. The van der Waals surface area contributed by atoms with E-state index in [1.165, 1.54) is 0 Å². The minimum absolute atomic E-state index is 0.0135. The topological polar surface area (TPSA) is 63.9 Å². The van der Waals surface area contributed by atoms with E-state index in [2.05, 4.69) is 0 Å². The van der Waals surface area contributed by atoms with Gasteiger partial charge < -0.3 is 10.0 Å². The van der Waals surface area contributed by atoms with E-state index in [4.69, 9.17) is 0 Å². The van der Waals surface area contributed by atoms with E-state index in [0.29, 0.717) is 31.4 Å². The second-order valence-electron chi connectivity index (χ2n) is 6.52. The molecule has 116 valence electrons. The lowest BCUT2D eigenvalue weighted by Crippen LogP contribution is -2.50. The van der Waals surface area contributed by atoms with Crippen LogP contribution in [0.25, 0.3) is 0 Å². The number of phenolic OH excluding ortho intramolecular Hbond substituents is 1. The number of hydrogen-bond acceptors (Lipinski definition) is 3. The summed E-state index contributed by atoms with van der Waals surface area (Å²) in [7, 11) is 0. The number of nitrogens with zero attached hydrogens (tertiary/aromatic N) is 3. The lowest BCUT2D eigenvalue weighted by Gasteiger charge is -2.36. The molecule has 6 heteroatoms. The highest BCUT2D eigenvalue weighted by Gasteiger charge is 2.39. The first-order chi connectivity index (χ1) is 10.6. The van der Waals surface area contributed by atoms with Crippen molar-refractivity contribution in [2.45, 2.75) is 45.3 Å². The molecule has 1 saturated carbocycles. The van der Waals surface area contributed by atoms with Crippen LogP contribution in [0.4, 0.5) is 10.5 Å². The fourth-order valence-electron chi connectivity index (χ4n) is 3.58. The van der Waals surface area contributed by atoms with Crippen molar-refractivity contribution in [2.24, 2.45) is 0 Å². The van der Waals surface area contributed by atoms with Gasteiger partial charge in [0, 0.05) is 45.5 Å². The Morgan fingerprint density at radius 3 is 2.77 bits per heavy atom. The number of amides is 2. The third kappa shape index (κ3) is 1.97. The summed E-state index contributed by atoms with van der Waals surface area (Å²) in [6.07, 6.45) is 3.07. The molecule has 0 bridgehead atoms.